The second kappa shape index (κ2) is 5.30. The molecule has 0 aliphatic carbocycles. The van der Waals surface area contributed by atoms with Crippen LogP contribution in [0.4, 0.5) is 10.5 Å². The summed E-state index contributed by atoms with van der Waals surface area (Å²) in [7, 11) is 0. The van der Waals surface area contributed by atoms with Gasteiger partial charge in [0, 0.05) is 18.5 Å². The van der Waals surface area contributed by atoms with Crippen LogP contribution in [0.25, 0.3) is 0 Å². The molecule has 1 heterocycles. The Bertz CT molecular complexity index is 568. The molecular formula is C12H11N3O4. The van der Waals surface area contributed by atoms with Crippen molar-refractivity contribution in [2.45, 2.75) is 13.1 Å². The van der Waals surface area contributed by atoms with E-state index in [1.165, 1.54) is 29.3 Å². The van der Waals surface area contributed by atoms with Crippen molar-refractivity contribution in [3.05, 3.63) is 46.7 Å². The minimum Gasteiger partial charge on any atom is -0.403 e. The Morgan fingerprint density at radius 1 is 1.47 bits per heavy atom. The number of para-hydroxylation sites is 2. The first kappa shape index (κ1) is 12.7. The quantitative estimate of drug-likeness (QED) is 0.604. The van der Waals surface area contributed by atoms with Crippen molar-refractivity contribution >= 4 is 18.0 Å². The number of carbonyl (C=O) groups is 1. The lowest BCUT2D eigenvalue weighted by molar-refractivity contribution is -0.385. The van der Waals surface area contributed by atoms with Gasteiger partial charge in [-0.2, -0.15) is 0 Å². The lowest BCUT2D eigenvalue weighted by atomic mass is 10.3. The molecule has 1 aromatic carbocycles. The zero-order valence-electron chi connectivity index (χ0n) is 10.1. The van der Waals surface area contributed by atoms with Crippen molar-refractivity contribution in [1.29, 1.82) is 0 Å². The van der Waals surface area contributed by atoms with Gasteiger partial charge in [-0.05, 0) is 19.1 Å². The fourth-order valence-electron chi connectivity index (χ4n) is 1.56. The predicted octanol–water partition coefficient (Wildman–Crippen LogP) is 2.34. The van der Waals surface area contributed by atoms with E-state index < -0.39 is 17.2 Å². The van der Waals surface area contributed by atoms with Gasteiger partial charge in [0.05, 0.1) is 4.92 Å². The lowest BCUT2D eigenvalue weighted by Crippen LogP contribution is -2.36. The first-order valence-electron chi connectivity index (χ1n) is 5.53. The predicted molar refractivity (Wildman–Crippen MR) is 68.1 cm³/mol. The Morgan fingerprint density at radius 2 is 2.21 bits per heavy atom. The molecule has 98 valence electrons. The van der Waals surface area contributed by atoms with Crippen molar-refractivity contribution in [3.8, 4) is 5.75 Å². The Hall–Kier alpha value is -2.70. The minimum atomic E-state index is -0.713. The monoisotopic (exact) mass is 261 g/mol. The lowest BCUT2D eigenvalue weighted by Gasteiger charge is -2.23. The maximum atomic E-state index is 11.9. The van der Waals surface area contributed by atoms with Gasteiger partial charge in [-0.3, -0.25) is 20.0 Å². The van der Waals surface area contributed by atoms with Crippen LogP contribution in [0.3, 0.4) is 0 Å². The zero-order valence-corrected chi connectivity index (χ0v) is 10.1. The van der Waals surface area contributed by atoms with E-state index in [0.717, 1.165) is 0 Å². The van der Waals surface area contributed by atoms with Gasteiger partial charge < -0.3 is 4.74 Å². The number of hydrogen-bond donors (Lipinski definition) is 0. The number of ether oxygens (including phenoxy) is 1. The number of carbonyl (C=O) groups excluding carboxylic acids is 1. The Morgan fingerprint density at radius 3 is 2.89 bits per heavy atom. The molecular weight excluding hydrogens is 250 g/mol. The van der Waals surface area contributed by atoms with E-state index in [4.69, 9.17) is 4.74 Å². The number of nitro benzene ring substituents is 1. The third kappa shape index (κ3) is 2.76. The summed E-state index contributed by atoms with van der Waals surface area (Å²) in [6.45, 7) is 1.71. The number of amides is 1. The maximum Gasteiger partial charge on any atom is 0.421 e. The number of nitro groups is 1. The number of allylic oxidation sites excluding steroid dienone is 1. The van der Waals surface area contributed by atoms with Crippen molar-refractivity contribution < 1.29 is 14.5 Å². The van der Waals surface area contributed by atoms with E-state index in [-0.39, 0.29) is 11.4 Å². The molecule has 1 aliphatic rings. The smallest absolute Gasteiger partial charge is 0.403 e. The molecule has 0 fully saturated rings. The molecule has 0 aromatic heterocycles. The molecule has 0 saturated heterocycles. The highest BCUT2D eigenvalue weighted by Gasteiger charge is 2.23. The fourth-order valence-corrected chi connectivity index (χ4v) is 1.56. The highest BCUT2D eigenvalue weighted by atomic mass is 16.6. The van der Waals surface area contributed by atoms with Crippen LogP contribution in [0.15, 0.2) is 41.5 Å². The summed E-state index contributed by atoms with van der Waals surface area (Å²) >= 11 is 0. The van der Waals surface area contributed by atoms with Gasteiger partial charge in [-0.25, -0.2) is 4.79 Å². The SMILES string of the molecule is CC1N=CC=CN1C(=O)Oc1ccccc1[N+](=O)[O-]. The van der Waals surface area contributed by atoms with Crippen LogP contribution < -0.4 is 4.74 Å². The van der Waals surface area contributed by atoms with Crippen LogP contribution in [0.2, 0.25) is 0 Å². The highest BCUT2D eigenvalue weighted by Crippen LogP contribution is 2.26. The molecule has 1 aliphatic heterocycles. The molecule has 1 amide bonds. The van der Waals surface area contributed by atoms with Gasteiger partial charge in [-0.1, -0.05) is 12.1 Å². The molecule has 7 nitrogen and oxygen atoms in total. The summed E-state index contributed by atoms with van der Waals surface area (Å²) in [6, 6.07) is 5.71. The molecule has 7 heteroatoms. The van der Waals surface area contributed by atoms with E-state index >= 15 is 0 Å². The van der Waals surface area contributed by atoms with E-state index in [1.54, 1.807) is 25.3 Å². The first-order valence-corrected chi connectivity index (χ1v) is 5.53. The minimum absolute atomic E-state index is 0.0901. The maximum absolute atomic E-state index is 11.9. The van der Waals surface area contributed by atoms with Gasteiger partial charge in [-0.15, -0.1) is 0 Å². The summed E-state index contributed by atoms with van der Waals surface area (Å²) in [6.07, 6.45) is 3.55. The fraction of sp³-hybridized carbons (Fsp3) is 0.167. The molecule has 0 radical (unpaired) electrons. The highest BCUT2D eigenvalue weighted by molar-refractivity contribution is 5.78. The van der Waals surface area contributed by atoms with E-state index in [0.29, 0.717) is 0 Å². The molecule has 0 N–H and O–H groups in total. The van der Waals surface area contributed by atoms with E-state index in [2.05, 4.69) is 4.99 Å². The van der Waals surface area contributed by atoms with Crippen molar-refractivity contribution in [2.24, 2.45) is 4.99 Å². The number of hydrogen-bond acceptors (Lipinski definition) is 5. The topological polar surface area (TPSA) is 85.0 Å². The number of rotatable bonds is 2. The van der Waals surface area contributed by atoms with Crippen LogP contribution >= 0.6 is 0 Å². The summed E-state index contributed by atoms with van der Waals surface area (Å²) in [5, 5.41) is 10.8. The molecule has 1 unspecified atom stereocenters. The van der Waals surface area contributed by atoms with Gasteiger partial charge in [0.15, 0.2) is 0 Å². The number of benzene rings is 1. The van der Waals surface area contributed by atoms with Crippen molar-refractivity contribution in [1.82, 2.24) is 4.90 Å². The molecule has 19 heavy (non-hydrogen) atoms. The van der Waals surface area contributed by atoms with Gasteiger partial charge >= 0.3 is 11.8 Å². The summed E-state index contributed by atoms with van der Waals surface area (Å²) in [4.78, 5) is 27.4. The molecule has 0 saturated carbocycles. The van der Waals surface area contributed by atoms with Crippen molar-refractivity contribution in [2.75, 3.05) is 0 Å². The van der Waals surface area contributed by atoms with E-state index in [9.17, 15) is 14.9 Å². The second-order valence-electron chi connectivity index (χ2n) is 3.77. The van der Waals surface area contributed by atoms with Crippen LogP contribution in [0, 0.1) is 10.1 Å². The Labute approximate surface area is 109 Å². The first-order chi connectivity index (χ1) is 9.09. The number of nitrogens with zero attached hydrogens (tertiary/aromatic N) is 3. The number of aliphatic imine (C=N–C) groups is 1. The molecule has 2 rings (SSSR count). The van der Waals surface area contributed by atoms with Crippen molar-refractivity contribution in [3.63, 3.8) is 0 Å². The van der Waals surface area contributed by atoms with E-state index in [1.807, 2.05) is 0 Å². The Balaban J connectivity index is 2.18. The second-order valence-corrected chi connectivity index (χ2v) is 3.77. The van der Waals surface area contributed by atoms with Crippen LogP contribution in [0.1, 0.15) is 6.92 Å². The van der Waals surface area contributed by atoms with Gasteiger partial charge in [0.1, 0.15) is 6.17 Å². The average molecular weight is 261 g/mol. The molecule has 0 bridgehead atoms. The third-order valence-electron chi connectivity index (χ3n) is 2.51. The summed E-state index contributed by atoms with van der Waals surface area (Å²) in [5.74, 6) is -0.0901. The standard InChI is InChI=1S/C12H11N3O4/c1-9-13-7-4-8-14(9)12(16)19-11-6-3-2-5-10(11)15(17)18/h2-9H,1H3. The normalized spacial score (nSPS) is 17.3. The van der Waals surface area contributed by atoms with Crippen LogP contribution in [-0.2, 0) is 0 Å². The molecule has 0 spiro atoms. The van der Waals surface area contributed by atoms with Gasteiger partial charge in [0.2, 0.25) is 5.75 Å². The van der Waals surface area contributed by atoms with Crippen LogP contribution in [0.5, 0.6) is 5.75 Å². The van der Waals surface area contributed by atoms with Gasteiger partial charge in [0.25, 0.3) is 0 Å². The zero-order chi connectivity index (χ0) is 13.8. The molecule has 1 atom stereocenters. The largest absolute Gasteiger partial charge is 0.421 e. The average Bonchev–Trinajstić information content (AvgIpc) is 2.39. The third-order valence-corrected chi connectivity index (χ3v) is 2.51. The Kier molecular flexibility index (Phi) is 3.56. The molecule has 1 aromatic rings. The summed E-state index contributed by atoms with van der Waals surface area (Å²) in [5.41, 5.74) is -0.256. The summed E-state index contributed by atoms with van der Waals surface area (Å²) < 4.78 is 5.04. The van der Waals surface area contributed by atoms with Crippen LogP contribution in [-0.4, -0.2) is 28.3 Å².